The van der Waals surface area contributed by atoms with Crippen molar-refractivity contribution in [3.63, 3.8) is 0 Å². The van der Waals surface area contributed by atoms with Gasteiger partial charge in [0.1, 0.15) is 0 Å². The average molecular weight is 294 g/mol. The number of hydrogen-bond acceptors (Lipinski definition) is 3. The van der Waals surface area contributed by atoms with Crippen molar-refractivity contribution in [2.24, 2.45) is 0 Å². The van der Waals surface area contributed by atoms with Crippen LogP contribution in [0.15, 0.2) is 35.3 Å². The standard InChI is InChI=1S/C15H16F2N2O2/c1-2-5-19-9-11(3-4-14(19)20)18-8-10-6-12(16)15(21)13(17)7-10/h3-4,6-7,9,18,21H,2,5,8H2,1H3. The molecule has 4 nitrogen and oxygen atoms in total. The molecule has 2 rings (SSSR count). The van der Waals surface area contributed by atoms with Gasteiger partial charge in [0.15, 0.2) is 17.4 Å². The van der Waals surface area contributed by atoms with Crippen LogP contribution < -0.4 is 10.9 Å². The molecule has 1 heterocycles. The van der Waals surface area contributed by atoms with Gasteiger partial charge in [-0.2, -0.15) is 0 Å². The van der Waals surface area contributed by atoms with Gasteiger partial charge in [0.05, 0.1) is 5.69 Å². The zero-order chi connectivity index (χ0) is 15.4. The highest BCUT2D eigenvalue weighted by Crippen LogP contribution is 2.21. The molecule has 21 heavy (non-hydrogen) atoms. The molecule has 6 heteroatoms. The van der Waals surface area contributed by atoms with Gasteiger partial charge in [-0.1, -0.05) is 6.92 Å². The number of nitrogens with one attached hydrogen (secondary N) is 1. The molecule has 0 bridgehead atoms. The van der Waals surface area contributed by atoms with E-state index in [0.29, 0.717) is 17.8 Å². The summed E-state index contributed by atoms with van der Waals surface area (Å²) in [4.78, 5) is 11.6. The van der Waals surface area contributed by atoms with E-state index >= 15 is 0 Å². The van der Waals surface area contributed by atoms with Crippen LogP contribution in [0.1, 0.15) is 18.9 Å². The van der Waals surface area contributed by atoms with Crippen molar-refractivity contribution < 1.29 is 13.9 Å². The highest BCUT2D eigenvalue weighted by Gasteiger charge is 2.09. The Hall–Kier alpha value is -2.37. The Morgan fingerprint density at radius 1 is 1.24 bits per heavy atom. The Morgan fingerprint density at radius 3 is 2.52 bits per heavy atom. The maximum absolute atomic E-state index is 13.2. The molecule has 1 aromatic heterocycles. The summed E-state index contributed by atoms with van der Waals surface area (Å²) in [5.41, 5.74) is 0.942. The lowest BCUT2D eigenvalue weighted by molar-refractivity contribution is 0.395. The molecule has 2 N–H and O–H groups in total. The molecule has 0 radical (unpaired) electrons. The number of benzene rings is 1. The molecule has 0 fully saturated rings. The van der Waals surface area contributed by atoms with Gasteiger partial charge in [0.25, 0.3) is 5.56 Å². The number of aromatic hydroxyl groups is 1. The smallest absolute Gasteiger partial charge is 0.250 e. The molecule has 1 aromatic carbocycles. The number of halogens is 2. The van der Waals surface area contributed by atoms with Crippen LogP contribution in [0.4, 0.5) is 14.5 Å². The van der Waals surface area contributed by atoms with Crippen molar-refractivity contribution in [2.45, 2.75) is 26.4 Å². The summed E-state index contributed by atoms with van der Waals surface area (Å²) in [6.07, 6.45) is 2.50. The van der Waals surface area contributed by atoms with Crippen LogP contribution in [0.25, 0.3) is 0 Å². The Labute approximate surface area is 120 Å². The highest BCUT2D eigenvalue weighted by molar-refractivity contribution is 5.41. The van der Waals surface area contributed by atoms with Crippen LogP contribution in [-0.4, -0.2) is 9.67 Å². The summed E-state index contributed by atoms with van der Waals surface area (Å²) in [6.45, 7) is 2.75. The van der Waals surface area contributed by atoms with E-state index in [0.717, 1.165) is 18.6 Å². The Kier molecular flexibility index (Phi) is 4.57. The number of rotatable bonds is 5. The number of phenols is 1. The first kappa shape index (κ1) is 15.0. The predicted octanol–water partition coefficient (Wildman–Crippen LogP) is 2.85. The van der Waals surface area contributed by atoms with E-state index in [9.17, 15) is 13.6 Å². The van der Waals surface area contributed by atoms with Crippen molar-refractivity contribution in [3.8, 4) is 5.75 Å². The average Bonchev–Trinajstić information content (AvgIpc) is 2.45. The number of nitrogens with zero attached hydrogens (tertiary/aromatic N) is 1. The third-order valence-electron chi connectivity index (χ3n) is 3.02. The van der Waals surface area contributed by atoms with E-state index < -0.39 is 17.4 Å². The number of hydrogen-bond donors (Lipinski definition) is 2. The summed E-state index contributed by atoms with van der Waals surface area (Å²) in [5, 5.41) is 12.0. The van der Waals surface area contributed by atoms with Gasteiger partial charge in [-0.05, 0) is 30.2 Å². The summed E-state index contributed by atoms with van der Waals surface area (Å²) in [7, 11) is 0. The SMILES string of the molecule is CCCn1cc(NCc2cc(F)c(O)c(F)c2)ccc1=O. The Balaban J connectivity index is 2.13. The molecule has 0 atom stereocenters. The third-order valence-corrected chi connectivity index (χ3v) is 3.02. The summed E-state index contributed by atoms with van der Waals surface area (Å²) < 4.78 is 28.0. The lowest BCUT2D eigenvalue weighted by Gasteiger charge is -2.10. The molecule has 0 amide bonds. The fourth-order valence-corrected chi connectivity index (χ4v) is 1.98. The first-order chi connectivity index (χ1) is 10.0. The van der Waals surface area contributed by atoms with Gasteiger partial charge in [0, 0.05) is 25.4 Å². The Bertz CT molecular complexity index is 675. The number of aryl methyl sites for hydroxylation is 1. The fraction of sp³-hybridized carbons (Fsp3) is 0.267. The maximum Gasteiger partial charge on any atom is 0.250 e. The lowest BCUT2D eigenvalue weighted by Crippen LogP contribution is -2.18. The van der Waals surface area contributed by atoms with Crippen LogP contribution >= 0.6 is 0 Å². The number of pyridine rings is 1. The highest BCUT2D eigenvalue weighted by atomic mass is 19.1. The second-order valence-electron chi connectivity index (χ2n) is 4.71. The minimum absolute atomic E-state index is 0.0934. The van der Waals surface area contributed by atoms with E-state index in [1.165, 1.54) is 6.07 Å². The number of anilines is 1. The first-order valence-corrected chi connectivity index (χ1v) is 6.62. The van der Waals surface area contributed by atoms with Crippen molar-refractivity contribution in [3.05, 3.63) is 58.0 Å². The van der Waals surface area contributed by atoms with Crippen LogP contribution in [0.2, 0.25) is 0 Å². The van der Waals surface area contributed by atoms with Crippen LogP contribution in [0.5, 0.6) is 5.75 Å². The quantitative estimate of drug-likeness (QED) is 0.891. The van der Waals surface area contributed by atoms with Crippen molar-refractivity contribution in [2.75, 3.05) is 5.32 Å². The summed E-state index contributed by atoms with van der Waals surface area (Å²) in [6, 6.07) is 5.18. The molecular weight excluding hydrogens is 278 g/mol. The van der Waals surface area contributed by atoms with Crippen LogP contribution in [0, 0.1) is 11.6 Å². The molecule has 0 spiro atoms. The minimum atomic E-state index is -0.997. The number of phenolic OH excluding ortho intramolecular Hbond substituents is 1. The van der Waals surface area contributed by atoms with Crippen molar-refractivity contribution in [1.82, 2.24) is 4.57 Å². The van der Waals surface area contributed by atoms with Crippen molar-refractivity contribution in [1.29, 1.82) is 0 Å². The van der Waals surface area contributed by atoms with Gasteiger partial charge in [-0.3, -0.25) is 4.79 Å². The van der Waals surface area contributed by atoms with E-state index in [1.807, 2.05) is 6.92 Å². The fourth-order valence-electron chi connectivity index (χ4n) is 1.98. The lowest BCUT2D eigenvalue weighted by atomic mass is 10.2. The van der Waals surface area contributed by atoms with Gasteiger partial charge < -0.3 is 15.0 Å². The second kappa shape index (κ2) is 6.39. The van der Waals surface area contributed by atoms with Gasteiger partial charge in [-0.25, -0.2) is 8.78 Å². The maximum atomic E-state index is 13.2. The van der Waals surface area contributed by atoms with Crippen LogP contribution in [0.3, 0.4) is 0 Å². The molecule has 112 valence electrons. The Morgan fingerprint density at radius 2 is 1.90 bits per heavy atom. The molecule has 0 saturated carbocycles. The van der Waals surface area contributed by atoms with Crippen molar-refractivity contribution >= 4 is 5.69 Å². The molecule has 2 aromatic rings. The monoisotopic (exact) mass is 294 g/mol. The molecule has 0 aliphatic rings. The minimum Gasteiger partial charge on any atom is -0.503 e. The second-order valence-corrected chi connectivity index (χ2v) is 4.71. The van der Waals surface area contributed by atoms with Crippen LogP contribution in [-0.2, 0) is 13.1 Å². The molecule has 0 aliphatic heterocycles. The van der Waals surface area contributed by atoms with Gasteiger partial charge in [0.2, 0.25) is 0 Å². The van der Waals surface area contributed by atoms with E-state index in [1.54, 1.807) is 16.8 Å². The molecule has 0 unspecified atom stereocenters. The molecule has 0 saturated heterocycles. The third kappa shape index (κ3) is 3.59. The van der Waals surface area contributed by atoms with E-state index in [2.05, 4.69) is 5.32 Å². The van der Waals surface area contributed by atoms with E-state index in [4.69, 9.17) is 5.11 Å². The topological polar surface area (TPSA) is 54.3 Å². The zero-order valence-corrected chi connectivity index (χ0v) is 11.6. The summed E-state index contributed by atoms with van der Waals surface area (Å²) >= 11 is 0. The van der Waals surface area contributed by atoms with Gasteiger partial charge >= 0.3 is 0 Å². The number of aromatic nitrogens is 1. The molecular formula is C15H16F2N2O2. The summed E-state index contributed by atoms with van der Waals surface area (Å²) in [5.74, 6) is -2.97. The zero-order valence-electron chi connectivity index (χ0n) is 11.6. The van der Waals surface area contributed by atoms with Gasteiger partial charge in [-0.15, -0.1) is 0 Å². The molecule has 0 aliphatic carbocycles. The first-order valence-electron chi connectivity index (χ1n) is 6.62. The largest absolute Gasteiger partial charge is 0.503 e. The normalized spacial score (nSPS) is 10.6. The van der Waals surface area contributed by atoms with E-state index in [-0.39, 0.29) is 12.1 Å². The predicted molar refractivity (Wildman–Crippen MR) is 76.3 cm³/mol.